The maximum absolute atomic E-state index is 10.1. The van der Waals surface area contributed by atoms with Crippen molar-refractivity contribution < 1.29 is 15.3 Å². The monoisotopic (exact) mass is 248 g/mol. The topological polar surface area (TPSA) is 88.5 Å². The van der Waals surface area contributed by atoms with Gasteiger partial charge >= 0.3 is 0 Å². The molecule has 1 saturated heterocycles. The van der Waals surface area contributed by atoms with E-state index in [2.05, 4.69) is 10.3 Å². The molecule has 1 aliphatic heterocycles. The van der Waals surface area contributed by atoms with Gasteiger partial charge in [0.05, 0.1) is 12.1 Å². The molecular weight excluding hydrogens is 232 g/mol. The number of para-hydroxylation sites is 1. The highest BCUT2D eigenvalue weighted by molar-refractivity contribution is 5.83. The lowest BCUT2D eigenvalue weighted by molar-refractivity contribution is -0.0946. The van der Waals surface area contributed by atoms with Gasteiger partial charge in [-0.25, -0.2) is 0 Å². The molecule has 1 aromatic carbocycles. The molecule has 18 heavy (non-hydrogen) atoms. The summed E-state index contributed by atoms with van der Waals surface area (Å²) in [7, 11) is 0. The van der Waals surface area contributed by atoms with Gasteiger partial charge in [0.15, 0.2) is 0 Å². The Kier molecular flexibility index (Phi) is 2.83. The van der Waals surface area contributed by atoms with E-state index < -0.39 is 18.3 Å². The van der Waals surface area contributed by atoms with Crippen LogP contribution in [0.5, 0.6) is 0 Å². The predicted molar refractivity (Wildman–Crippen MR) is 67.1 cm³/mol. The van der Waals surface area contributed by atoms with E-state index in [-0.39, 0.29) is 12.6 Å². The highest BCUT2D eigenvalue weighted by Gasteiger charge is 2.37. The van der Waals surface area contributed by atoms with Crippen LogP contribution in [0.3, 0.4) is 0 Å². The summed E-state index contributed by atoms with van der Waals surface area (Å²) in [6, 6.07) is 7.41. The molecule has 0 bridgehead atoms. The fourth-order valence-corrected chi connectivity index (χ4v) is 2.56. The number of aromatic amines is 1. The standard InChI is InChI=1S/C13H16N2O3/c16-10-6-15-11(13(18)12(10)17)8-5-14-9-4-2-1-3-7(8)9/h1-5,10-18H,6H2/t10-,11-,12-,13-/m1/s1. The van der Waals surface area contributed by atoms with Crippen LogP contribution in [0.1, 0.15) is 11.6 Å². The Morgan fingerprint density at radius 2 is 1.83 bits per heavy atom. The third-order valence-corrected chi connectivity index (χ3v) is 3.59. The molecule has 2 aromatic rings. The summed E-state index contributed by atoms with van der Waals surface area (Å²) in [6.07, 6.45) is -1.24. The van der Waals surface area contributed by atoms with Gasteiger partial charge in [-0.15, -0.1) is 0 Å². The van der Waals surface area contributed by atoms with E-state index >= 15 is 0 Å². The van der Waals surface area contributed by atoms with Crippen LogP contribution in [0.4, 0.5) is 0 Å². The minimum Gasteiger partial charge on any atom is -0.389 e. The average molecular weight is 248 g/mol. The van der Waals surface area contributed by atoms with Gasteiger partial charge in [-0.05, 0) is 11.6 Å². The number of hydrogen-bond acceptors (Lipinski definition) is 4. The minimum atomic E-state index is -1.12. The smallest absolute Gasteiger partial charge is 0.109 e. The maximum Gasteiger partial charge on any atom is 0.109 e. The number of fused-ring (bicyclic) bond motifs is 1. The summed E-state index contributed by atoms with van der Waals surface area (Å²) < 4.78 is 0. The predicted octanol–water partition coefficient (Wildman–Crippen LogP) is -0.105. The van der Waals surface area contributed by atoms with Gasteiger partial charge in [-0.3, -0.25) is 0 Å². The number of benzene rings is 1. The van der Waals surface area contributed by atoms with E-state index in [0.29, 0.717) is 0 Å². The van der Waals surface area contributed by atoms with Crippen molar-refractivity contribution in [2.45, 2.75) is 24.4 Å². The Labute approximate surface area is 104 Å². The van der Waals surface area contributed by atoms with Crippen LogP contribution < -0.4 is 5.32 Å². The lowest BCUT2D eigenvalue weighted by atomic mass is 9.91. The SMILES string of the molecule is O[C@H]1[C@H](O)[C@@H](c2c[nH]c3ccccc23)NC[C@H]1O. The van der Waals surface area contributed by atoms with Gasteiger partial charge < -0.3 is 25.6 Å². The molecule has 96 valence electrons. The van der Waals surface area contributed by atoms with Crippen molar-refractivity contribution in [3.63, 3.8) is 0 Å². The highest BCUT2D eigenvalue weighted by atomic mass is 16.4. The second-order valence-corrected chi connectivity index (χ2v) is 4.72. The number of rotatable bonds is 1. The summed E-state index contributed by atoms with van der Waals surface area (Å²) in [5, 5.41) is 33.4. The molecule has 0 unspecified atom stereocenters. The summed E-state index contributed by atoms with van der Waals surface area (Å²) in [5.41, 5.74) is 1.89. The summed E-state index contributed by atoms with van der Waals surface area (Å²) in [6.45, 7) is 0.266. The zero-order chi connectivity index (χ0) is 12.7. The third kappa shape index (κ3) is 1.72. The summed E-state index contributed by atoms with van der Waals surface area (Å²) >= 11 is 0. The van der Waals surface area contributed by atoms with Crippen LogP contribution in [0.15, 0.2) is 30.5 Å². The van der Waals surface area contributed by atoms with Gasteiger partial charge in [0, 0.05) is 23.6 Å². The zero-order valence-corrected chi connectivity index (χ0v) is 9.74. The zero-order valence-electron chi connectivity index (χ0n) is 9.74. The van der Waals surface area contributed by atoms with Crippen molar-refractivity contribution in [2.24, 2.45) is 0 Å². The minimum absolute atomic E-state index is 0.266. The van der Waals surface area contributed by atoms with Crippen molar-refractivity contribution in [1.29, 1.82) is 0 Å². The number of β-amino-alcohol motifs (C(OH)–C–C–N with tert-alkyl or cyclic N) is 1. The largest absolute Gasteiger partial charge is 0.389 e. The molecule has 0 spiro atoms. The van der Waals surface area contributed by atoms with E-state index in [0.717, 1.165) is 16.5 Å². The van der Waals surface area contributed by atoms with Gasteiger partial charge in [-0.1, -0.05) is 18.2 Å². The molecule has 1 aliphatic rings. The van der Waals surface area contributed by atoms with Crippen LogP contribution in [-0.2, 0) is 0 Å². The fourth-order valence-electron chi connectivity index (χ4n) is 2.56. The number of piperidine rings is 1. The molecule has 5 N–H and O–H groups in total. The molecule has 0 radical (unpaired) electrons. The molecule has 3 rings (SSSR count). The van der Waals surface area contributed by atoms with E-state index in [9.17, 15) is 15.3 Å². The van der Waals surface area contributed by atoms with Gasteiger partial charge in [-0.2, -0.15) is 0 Å². The Morgan fingerprint density at radius 1 is 1.06 bits per heavy atom. The van der Waals surface area contributed by atoms with E-state index in [1.807, 2.05) is 30.5 Å². The van der Waals surface area contributed by atoms with E-state index in [4.69, 9.17) is 0 Å². The lowest BCUT2D eigenvalue weighted by Gasteiger charge is -2.36. The molecule has 0 aliphatic carbocycles. The Hall–Kier alpha value is -1.40. The molecule has 1 aromatic heterocycles. The molecular formula is C13H16N2O3. The van der Waals surface area contributed by atoms with Crippen LogP contribution in [0.25, 0.3) is 10.9 Å². The van der Waals surface area contributed by atoms with Crippen LogP contribution in [-0.4, -0.2) is 45.2 Å². The maximum atomic E-state index is 10.1. The van der Waals surface area contributed by atoms with Crippen LogP contribution >= 0.6 is 0 Å². The molecule has 5 heteroatoms. The van der Waals surface area contributed by atoms with Crippen LogP contribution in [0.2, 0.25) is 0 Å². The first-order valence-electron chi connectivity index (χ1n) is 6.02. The first-order chi connectivity index (χ1) is 8.68. The number of nitrogens with one attached hydrogen (secondary N) is 2. The molecule has 5 nitrogen and oxygen atoms in total. The van der Waals surface area contributed by atoms with Gasteiger partial charge in [0.1, 0.15) is 12.2 Å². The van der Waals surface area contributed by atoms with Crippen molar-refractivity contribution in [3.8, 4) is 0 Å². The second kappa shape index (κ2) is 4.37. The molecule has 0 amide bonds. The van der Waals surface area contributed by atoms with Gasteiger partial charge in [0.2, 0.25) is 0 Å². The van der Waals surface area contributed by atoms with Crippen LogP contribution in [0, 0.1) is 0 Å². The van der Waals surface area contributed by atoms with Crippen molar-refractivity contribution in [3.05, 3.63) is 36.0 Å². The summed E-state index contributed by atoms with van der Waals surface area (Å²) in [4.78, 5) is 3.14. The third-order valence-electron chi connectivity index (χ3n) is 3.59. The Morgan fingerprint density at radius 3 is 2.67 bits per heavy atom. The first-order valence-corrected chi connectivity index (χ1v) is 6.02. The molecule has 1 fully saturated rings. The number of H-pyrrole nitrogens is 1. The van der Waals surface area contributed by atoms with Crippen molar-refractivity contribution in [2.75, 3.05) is 6.54 Å². The number of aliphatic hydroxyl groups is 3. The average Bonchev–Trinajstić information content (AvgIpc) is 2.80. The molecule has 0 saturated carbocycles. The first kappa shape index (κ1) is 11.7. The number of hydrogen-bond donors (Lipinski definition) is 5. The van der Waals surface area contributed by atoms with E-state index in [1.165, 1.54) is 0 Å². The summed E-state index contributed by atoms with van der Waals surface area (Å²) in [5.74, 6) is 0. The fraction of sp³-hybridized carbons (Fsp3) is 0.385. The second-order valence-electron chi connectivity index (χ2n) is 4.72. The Balaban J connectivity index is 1.99. The highest BCUT2D eigenvalue weighted by Crippen LogP contribution is 2.29. The number of aliphatic hydroxyl groups excluding tert-OH is 3. The Bertz CT molecular complexity index is 554. The molecule has 4 atom stereocenters. The van der Waals surface area contributed by atoms with Gasteiger partial charge in [0.25, 0.3) is 0 Å². The number of aromatic nitrogens is 1. The van der Waals surface area contributed by atoms with Crippen molar-refractivity contribution in [1.82, 2.24) is 10.3 Å². The lowest BCUT2D eigenvalue weighted by Crippen LogP contribution is -2.55. The normalized spacial score (nSPS) is 32.8. The molecule has 2 heterocycles. The quantitative estimate of drug-likeness (QED) is 0.487. The van der Waals surface area contributed by atoms with Crippen molar-refractivity contribution >= 4 is 10.9 Å². The van der Waals surface area contributed by atoms with E-state index in [1.54, 1.807) is 0 Å².